The monoisotopic (exact) mass is 236 g/mol. The Morgan fingerprint density at radius 1 is 1.38 bits per heavy atom. The summed E-state index contributed by atoms with van der Waals surface area (Å²) in [5.41, 5.74) is 2.03. The summed E-state index contributed by atoms with van der Waals surface area (Å²) in [6.45, 7) is 4.25. The third-order valence-electron chi connectivity index (χ3n) is 3.51. The molecule has 0 bridgehead atoms. The molecular weight excluding hydrogens is 216 g/mol. The van der Waals surface area contributed by atoms with Crippen LogP contribution < -0.4 is 0 Å². The lowest BCUT2D eigenvalue weighted by Gasteiger charge is -2.37. The molecule has 1 aliphatic heterocycles. The minimum Gasteiger partial charge on any atom is -0.388 e. The van der Waals surface area contributed by atoms with Gasteiger partial charge in [0.25, 0.3) is 0 Å². The van der Waals surface area contributed by atoms with Crippen LogP contribution >= 0.6 is 11.8 Å². The maximum Gasteiger partial charge on any atom is 0.0803 e. The maximum atomic E-state index is 10.6. The molecule has 16 heavy (non-hydrogen) atoms. The van der Waals surface area contributed by atoms with Crippen molar-refractivity contribution in [2.24, 2.45) is 0 Å². The second-order valence-corrected chi connectivity index (χ2v) is 6.33. The van der Waals surface area contributed by atoms with Crippen LogP contribution in [0.4, 0.5) is 0 Å². The summed E-state index contributed by atoms with van der Waals surface area (Å²) in [6, 6.07) is 8.53. The van der Waals surface area contributed by atoms with Crippen LogP contribution in [0.25, 0.3) is 0 Å². The Morgan fingerprint density at radius 2 is 2.06 bits per heavy atom. The van der Waals surface area contributed by atoms with E-state index in [-0.39, 0.29) is 0 Å². The third kappa shape index (κ3) is 2.61. The van der Waals surface area contributed by atoms with E-state index >= 15 is 0 Å². The summed E-state index contributed by atoms with van der Waals surface area (Å²) in [5.74, 6) is 1.19. The van der Waals surface area contributed by atoms with Gasteiger partial charge >= 0.3 is 0 Å². The van der Waals surface area contributed by atoms with Crippen molar-refractivity contribution in [3.05, 3.63) is 35.4 Å². The Labute approximate surface area is 102 Å². The quantitative estimate of drug-likeness (QED) is 0.851. The summed E-state index contributed by atoms with van der Waals surface area (Å²) in [7, 11) is 0. The van der Waals surface area contributed by atoms with Gasteiger partial charge in [-0.05, 0) is 31.1 Å². The molecule has 0 radical (unpaired) electrons. The average molecular weight is 236 g/mol. The van der Waals surface area contributed by atoms with Crippen molar-refractivity contribution >= 4 is 11.8 Å². The van der Waals surface area contributed by atoms with Crippen LogP contribution in [0.15, 0.2) is 24.3 Å². The van der Waals surface area contributed by atoms with E-state index < -0.39 is 5.60 Å². The zero-order valence-corrected chi connectivity index (χ0v) is 10.9. The van der Waals surface area contributed by atoms with E-state index in [0.29, 0.717) is 5.25 Å². The first-order chi connectivity index (χ1) is 7.60. The SMILES string of the molecule is Cc1ccc(CC2(O)CCCSC2C)cc1. The Balaban J connectivity index is 2.10. The highest BCUT2D eigenvalue weighted by molar-refractivity contribution is 8.00. The van der Waals surface area contributed by atoms with Gasteiger partial charge in [-0.3, -0.25) is 0 Å². The van der Waals surface area contributed by atoms with Gasteiger partial charge in [0.05, 0.1) is 5.60 Å². The molecule has 0 amide bonds. The molecule has 2 atom stereocenters. The van der Waals surface area contributed by atoms with Gasteiger partial charge in [0.15, 0.2) is 0 Å². The number of rotatable bonds is 2. The van der Waals surface area contributed by atoms with Crippen molar-refractivity contribution in [1.82, 2.24) is 0 Å². The third-order valence-corrected chi connectivity index (χ3v) is 4.97. The molecule has 0 aromatic heterocycles. The highest BCUT2D eigenvalue weighted by atomic mass is 32.2. The first kappa shape index (κ1) is 12.0. The largest absolute Gasteiger partial charge is 0.388 e. The van der Waals surface area contributed by atoms with Gasteiger partial charge in [-0.1, -0.05) is 36.8 Å². The van der Waals surface area contributed by atoms with Crippen LogP contribution in [0, 0.1) is 6.92 Å². The molecule has 1 aromatic rings. The summed E-state index contributed by atoms with van der Waals surface area (Å²) in [4.78, 5) is 0. The molecule has 1 aromatic carbocycles. The van der Waals surface area contributed by atoms with Gasteiger partial charge in [-0.25, -0.2) is 0 Å². The van der Waals surface area contributed by atoms with Crippen molar-refractivity contribution in [3.8, 4) is 0 Å². The average Bonchev–Trinajstić information content (AvgIpc) is 2.26. The van der Waals surface area contributed by atoms with Gasteiger partial charge in [0.1, 0.15) is 0 Å². The molecule has 0 aliphatic carbocycles. The van der Waals surface area contributed by atoms with Crippen molar-refractivity contribution in [2.75, 3.05) is 5.75 Å². The molecule has 1 N–H and O–H groups in total. The molecule has 2 heteroatoms. The normalized spacial score (nSPS) is 30.3. The first-order valence-electron chi connectivity index (χ1n) is 6.00. The molecular formula is C14H20OS. The number of benzene rings is 1. The predicted octanol–water partition coefficient (Wildman–Crippen LogP) is 3.18. The van der Waals surface area contributed by atoms with Crippen LogP contribution in [0.2, 0.25) is 0 Å². The molecule has 0 spiro atoms. The molecule has 88 valence electrons. The Kier molecular flexibility index (Phi) is 3.60. The predicted molar refractivity (Wildman–Crippen MR) is 71.0 cm³/mol. The number of thioether (sulfide) groups is 1. The van der Waals surface area contributed by atoms with Crippen LogP contribution in [0.5, 0.6) is 0 Å². The molecule has 1 aliphatic rings. The van der Waals surface area contributed by atoms with E-state index in [1.807, 2.05) is 11.8 Å². The molecule has 1 nitrogen and oxygen atoms in total. The molecule has 2 rings (SSSR count). The summed E-state index contributed by atoms with van der Waals surface area (Å²) < 4.78 is 0. The van der Waals surface area contributed by atoms with Crippen molar-refractivity contribution < 1.29 is 5.11 Å². The fourth-order valence-electron chi connectivity index (χ4n) is 2.29. The topological polar surface area (TPSA) is 20.2 Å². The Bertz CT molecular complexity index is 346. The van der Waals surface area contributed by atoms with Gasteiger partial charge in [-0.15, -0.1) is 0 Å². The minimum atomic E-state index is -0.502. The van der Waals surface area contributed by atoms with Crippen LogP contribution in [-0.2, 0) is 6.42 Å². The minimum absolute atomic E-state index is 0.350. The zero-order chi connectivity index (χ0) is 11.6. The summed E-state index contributed by atoms with van der Waals surface area (Å²) in [6.07, 6.45) is 2.87. The van der Waals surface area contributed by atoms with Crippen molar-refractivity contribution in [2.45, 2.75) is 44.0 Å². The fourth-order valence-corrected chi connectivity index (χ4v) is 3.46. The standard InChI is InChI=1S/C14H20OS/c1-11-4-6-13(7-5-11)10-14(15)8-3-9-16-12(14)2/h4-7,12,15H,3,8-10H2,1-2H3. The van der Waals surface area contributed by atoms with Gasteiger partial charge < -0.3 is 5.11 Å². The fraction of sp³-hybridized carbons (Fsp3) is 0.571. The lowest BCUT2D eigenvalue weighted by Crippen LogP contribution is -2.43. The zero-order valence-electron chi connectivity index (χ0n) is 10.1. The molecule has 0 saturated carbocycles. The lowest BCUT2D eigenvalue weighted by molar-refractivity contribution is 0.0297. The molecule has 1 fully saturated rings. The summed E-state index contributed by atoms with van der Waals surface area (Å²) in [5, 5.41) is 11.0. The Morgan fingerprint density at radius 3 is 2.69 bits per heavy atom. The maximum absolute atomic E-state index is 10.6. The van der Waals surface area contributed by atoms with Crippen LogP contribution in [0.3, 0.4) is 0 Å². The van der Waals surface area contributed by atoms with Crippen molar-refractivity contribution in [3.63, 3.8) is 0 Å². The molecule has 1 heterocycles. The molecule has 1 saturated heterocycles. The second-order valence-electron chi connectivity index (χ2n) is 4.88. The van der Waals surface area contributed by atoms with E-state index in [2.05, 4.69) is 38.1 Å². The van der Waals surface area contributed by atoms with Gasteiger partial charge in [0, 0.05) is 11.7 Å². The molecule has 2 unspecified atom stereocenters. The Hall–Kier alpha value is -0.470. The van der Waals surface area contributed by atoms with Crippen LogP contribution in [-0.4, -0.2) is 21.7 Å². The van der Waals surface area contributed by atoms with E-state index in [1.54, 1.807) is 0 Å². The van der Waals surface area contributed by atoms with E-state index in [1.165, 1.54) is 16.9 Å². The van der Waals surface area contributed by atoms with E-state index in [9.17, 15) is 5.11 Å². The van der Waals surface area contributed by atoms with Crippen LogP contribution in [0.1, 0.15) is 30.9 Å². The number of hydrogen-bond acceptors (Lipinski definition) is 2. The van der Waals surface area contributed by atoms with Gasteiger partial charge in [0.2, 0.25) is 0 Å². The number of aryl methyl sites for hydroxylation is 1. The van der Waals surface area contributed by atoms with E-state index in [0.717, 1.165) is 19.3 Å². The highest BCUT2D eigenvalue weighted by Crippen LogP contribution is 2.36. The second kappa shape index (κ2) is 4.80. The van der Waals surface area contributed by atoms with Gasteiger partial charge in [-0.2, -0.15) is 11.8 Å². The van der Waals surface area contributed by atoms with Crippen molar-refractivity contribution in [1.29, 1.82) is 0 Å². The number of aliphatic hydroxyl groups is 1. The number of hydrogen-bond donors (Lipinski definition) is 1. The van der Waals surface area contributed by atoms with E-state index in [4.69, 9.17) is 0 Å². The first-order valence-corrected chi connectivity index (χ1v) is 7.04. The smallest absolute Gasteiger partial charge is 0.0803 e. The highest BCUT2D eigenvalue weighted by Gasteiger charge is 2.36. The summed E-state index contributed by atoms with van der Waals surface area (Å²) >= 11 is 1.90. The lowest BCUT2D eigenvalue weighted by atomic mass is 9.87.